The standard InChI is InChI=1S/C21H23N3O2S/c1-4-24(5-2)17-10-8-16(9-11-17)22-21-23-20(25)19(27-21)14-15-6-12-18(26-3)13-7-15/h6-14H,4-5H2,1-3H3,(H,22,23,25)/b19-14-. The number of rotatable bonds is 6. The first-order valence-electron chi connectivity index (χ1n) is 8.91. The number of ether oxygens (including phenoxy) is 1. The molecule has 1 heterocycles. The second-order valence-electron chi connectivity index (χ2n) is 5.94. The number of nitrogens with one attached hydrogen (secondary N) is 1. The largest absolute Gasteiger partial charge is 0.497 e. The molecule has 1 fully saturated rings. The average molecular weight is 382 g/mol. The molecule has 1 amide bonds. The van der Waals surface area contributed by atoms with Gasteiger partial charge in [-0.3, -0.25) is 4.79 Å². The molecule has 1 N–H and O–H groups in total. The molecular formula is C21H23N3O2S. The molecule has 0 radical (unpaired) electrons. The van der Waals surface area contributed by atoms with Gasteiger partial charge in [0.2, 0.25) is 0 Å². The summed E-state index contributed by atoms with van der Waals surface area (Å²) < 4.78 is 5.15. The van der Waals surface area contributed by atoms with E-state index in [1.165, 1.54) is 17.4 Å². The fraction of sp³-hybridized carbons (Fsp3) is 0.238. The van der Waals surface area contributed by atoms with Crippen molar-refractivity contribution in [3.8, 4) is 5.75 Å². The van der Waals surface area contributed by atoms with E-state index in [1.54, 1.807) is 7.11 Å². The van der Waals surface area contributed by atoms with E-state index in [9.17, 15) is 4.79 Å². The van der Waals surface area contributed by atoms with E-state index in [-0.39, 0.29) is 5.91 Å². The molecule has 27 heavy (non-hydrogen) atoms. The highest BCUT2D eigenvalue weighted by atomic mass is 32.2. The fourth-order valence-corrected chi connectivity index (χ4v) is 3.62. The molecule has 0 atom stereocenters. The molecular weight excluding hydrogens is 358 g/mol. The maximum atomic E-state index is 12.2. The molecule has 0 spiro atoms. The number of nitrogens with zero attached hydrogens (tertiary/aromatic N) is 2. The Balaban J connectivity index is 1.73. The second-order valence-corrected chi connectivity index (χ2v) is 6.97. The number of hydrogen-bond acceptors (Lipinski definition) is 5. The summed E-state index contributed by atoms with van der Waals surface area (Å²) in [5.74, 6) is 0.658. The van der Waals surface area contributed by atoms with Gasteiger partial charge in [0.05, 0.1) is 17.7 Å². The van der Waals surface area contributed by atoms with Crippen LogP contribution < -0.4 is 15.0 Å². The number of anilines is 1. The zero-order chi connectivity index (χ0) is 19.2. The second kappa shape index (κ2) is 8.77. The van der Waals surface area contributed by atoms with Gasteiger partial charge >= 0.3 is 0 Å². The number of benzene rings is 2. The summed E-state index contributed by atoms with van der Waals surface area (Å²) in [6.07, 6.45) is 1.85. The van der Waals surface area contributed by atoms with Crippen molar-refractivity contribution in [3.63, 3.8) is 0 Å². The molecule has 6 heteroatoms. The Morgan fingerprint density at radius 2 is 1.74 bits per heavy atom. The molecule has 1 saturated heterocycles. The molecule has 0 saturated carbocycles. The molecule has 1 aliphatic rings. The lowest BCUT2D eigenvalue weighted by Crippen LogP contribution is -2.21. The fourth-order valence-electron chi connectivity index (χ4n) is 2.78. The van der Waals surface area contributed by atoms with E-state index >= 15 is 0 Å². The van der Waals surface area contributed by atoms with Gasteiger partial charge in [-0.1, -0.05) is 12.1 Å². The monoisotopic (exact) mass is 381 g/mol. The van der Waals surface area contributed by atoms with Crippen molar-refractivity contribution in [3.05, 3.63) is 59.0 Å². The average Bonchev–Trinajstić information content (AvgIpc) is 3.03. The van der Waals surface area contributed by atoms with Crippen LogP contribution in [0, 0.1) is 0 Å². The Morgan fingerprint density at radius 1 is 1.07 bits per heavy atom. The van der Waals surface area contributed by atoms with Crippen LogP contribution in [0.5, 0.6) is 5.75 Å². The van der Waals surface area contributed by atoms with Crippen molar-refractivity contribution in [2.45, 2.75) is 13.8 Å². The normalized spacial score (nSPS) is 16.6. The molecule has 0 unspecified atom stereocenters. The third-order valence-corrected chi connectivity index (χ3v) is 5.18. The van der Waals surface area contributed by atoms with Crippen LogP contribution in [0.4, 0.5) is 11.4 Å². The molecule has 0 aliphatic carbocycles. The van der Waals surface area contributed by atoms with E-state index in [1.807, 2.05) is 42.5 Å². The highest BCUT2D eigenvalue weighted by molar-refractivity contribution is 8.18. The summed E-state index contributed by atoms with van der Waals surface area (Å²) in [6.45, 7) is 6.21. The smallest absolute Gasteiger partial charge is 0.264 e. The lowest BCUT2D eigenvalue weighted by Gasteiger charge is -2.20. The Hall–Kier alpha value is -2.73. The Kier molecular flexibility index (Phi) is 6.19. The molecule has 0 bridgehead atoms. The van der Waals surface area contributed by atoms with Gasteiger partial charge in [-0.25, -0.2) is 4.99 Å². The molecule has 5 nitrogen and oxygen atoms in total. The summed E-state index contributed by atoms with van der Waals surface area (Å²) in [4.78, 5) is 19.7. The number of carbonyl (C=O) groups is 1. The maximum absolute atomic E-state index is 12.2. The third-order valence-electron chi connectivity index (χ3n) is 4.27. The molecule has 140 valence electrons. The van der Waals surface area contributed by atoms with Crippen LogP contribution in [0.25, 0.3) is 6.08 Å². The molecule has 2 aromatic rings. The number of methoxy groups -OCH3 is 1. The van der Waals surface area contributed by atoms with Crippen molar-refractivity contribution in [1.82, 2.24) is 5.32 Å². The van der Waals surface area contributed by atoms with Crippen molar-refractivity contribution in [2.75, 3.05) is 25.1 Å². The van der Waals surface area contributed by atoms with Crippen LogP contribution in [-0.4, -0.2) is 31.3 Å². The van der Waals surface area contributed by atoms with Gasteiger partial charge in [0.1, 0.15) is 5.75 Å². The van der Waals surface area contributed by atoms with Crippen molar-refractivity contribution in [1.29, 1.82) is 0 Å². The van der Waals surface area contributed by atoms with E-state index in [2.05, 4.69) is 41.2 Å². The van der Waals surface area contributed by atoms with E-state index in [0.717, 1.165) is 30.1 Å². The highest BCUT2D eigenvalue weighted by Gasteiger charge is 2.23. The topological polar surface area (TPSA) is 53.9 Å². The summed E-state index contributed by atoms with van der Waals surface area (Å²) >= 11 is 1.35. The summed E-state index contributed by atoms with van der Waals surface area (Å²) in [6, 6.07) is 15.6. The summed E-state index contributed by atoms with van der Waals surface area (Å²) in [5.41, 5.74) is 2.94. The van der Waals surface area contributed by atoms with Crippen molar-refractivity contribution < 1.29 is 9.53 Å². The zero-order valence-corrected chi connectivity index (χ0v) is 16.5. The van der Waals surface area contributed by atoms with Gasteiger partial charge in [0.15, 0.2) is 5.17 Å². The number of amidine groups is 1. The van der Waals surface area contributed by atoms with E-state index < -0.39 is 0 Å². The molecule has 1 aliphatic heterocycles. The Bertz CT molecular complexity index is 854. The van der Waals surface area contributed by atoms with E-state index in [4.69, 9.17) is 4.74 Å². The van der Waals surface area contributed by atoms with Crippen LogP contribution in [-0.2, 0) is 4.79 Å². The molecule has 3 rings (SSSR count). The van der Waals surface area contributed by atoms with E-state index in [0.29, 0.717) is 10.1 Å². The lowest BCUT2D eigenvalue weighted by molar-refractivity contribution is -0.115. The number of aliphatic imine (C=N–C) groups is 1. The predicted molar refractivity (Wildman–Crippen MR) is 114 cm³/mol. The minimum absolute atomic E-state index is 0.130. The van der Waals surface area contributed by atoms with Gasteiger partial charge in [-0.2, -0.15) is 0 Å². The highest BCUT2D eigenvalue weighted by Crippen LogP contribution is 2.29. The van der Waals surface area contributed by atoms with Crippen LogP contribution in [0.3, 0.4) is 0 Å². The first kappa shape index (κ1) is 19.0. The zero-order valence-electron chi connectivity index (χ0n) is 15.7. The van der Waals surface area contributed by atoms with Crippen LogP contribution in [0.1, 0.15) is 19.4 Å². The minimum atomic E-state index is -0.130. The summed E-state index contributed by atoms with van der Waals surface area (Å²) in [5, 5.41) is 3.42. The number of amides is 1. The molecule has 2 aromatic carbocycles. The molecule has 0 aromatic heterocycles. The van der Waals surface area contributed by atoms with Gasteiger partial charge in [-0.15, -0.1) is 0 Å². The lowest BCUT2D eigenvalue weighted by atomic mass is 10.2. The van der Waals surface area contributed by atoms with Crippen molar-refractivity contribution >= 4 is 40.3 Å². The van der Waals surface area contributed by atoms with Gasteiger partial charge in [-0.05, 0) is 73.6 Å². The van der Waals surface area contributed by atoms with Gasteiger partial charge in [0.25, 0.3) is 5.91 Å². The van der Waals surface area contributed by atoms with Gasteiger partial charge in [0, 0.05) is 18.8 Å². The Labute approximate surface area is 164 Å². The summed E-state index contributed by atoms with van der Waals surface area (Å²) in [7, 11) is 1.63. The predicted octanol–water partition coefficient (Wildman–Crippen LogP) is 4.43. The third kappa shape index (κ3) is 4.71. The maximum Gasteiger partial charge on any atom is 0.264 e. The quantitative estimate of drug-likeness (QED) is 0.752. The first-order valence-corrected chi connectivity index (χ1v) is 9.73. The van der Waals surface area contributed by atoms with Crippen LogP contribution in [0.15, 0.2) is 58.4 Å². The number of hydrogen-bond donors (Lipinski definition) is 1. The SMILES string of the molecule is CCN(CC)c1ccc(N=C2NC(=O)/C(=C/c3ccc(OC)cc3)S2)cc1. The van der Waals surface area contributed by atoms with Crippen LogP contribution >= 0.6 is 11.8 Å². The van der Waals surface area contributed by atoms with Crippen molar-refractivity contribution in [2.24, 2.45) is 4.99 Å². The number of carbonyl (C=O) groups excluding carboxylic acids is 1. The van der Waals surface area contributed by atoms with Gasteiger partial charge < -0.3 is 15.0 Å². The number of thioether (sulfide) groups is 1. The minimum Gasteiger partial charge on any atom is -0.497 e. The Morgan fingerprint density at radius 3 is 2.33 bits per heavy atom. The van der Waals surface area contributed by atoms with Crippen LogP contribution in [0.2, 0.25) is 0 Å². The first-order chi connectivity index (χ1) is 13.1.